The third kappa shape index (κ3) is 4.97. The Morgan fingerprint density at radius 2 is 1.97 bits per heavy atom. The Morgan fingerprint density at radius 1 is 1.13 bits per heavy atom. The molecule has 0 amide bonds. The molecule has 4 N–H and O–H groups in total. The second-order valence-corrected chi connectivity index (χ2v) is 12.5. The Labute approximate surface area is 227 Å². The lowest BCUT2D eigenvalue weighted by atomic mass is 10.2. The van der Waals surface area contributed by atoms with Crippen molar-refractivity contribution in [3.63, 3.8) is 0 Å². The maximum Gasteiger partial charge on any atom is 0.240 e. The molecule has 3 fully saturated rings. The number of anilines is 2. The van der Waals surface area contributed by atoms with E-state index in [2.05, 4.69) is 43.3 Å². The van der Waals surface area contributed by atoms with Crippen molar-refractivity contribution in [2.75, 3.05) is 10.6 Å². The lowest BCUT2D eigenvalue weighted by Crippen LogP contribution is -2.18. The molecule has 5 atom stereocenters. The van der Waals surface area contributed by atoms with Gasteiger partial charge in [-0.2, -0.15) is 0 Å². The summed E-state index contributed by atoms with van der Waals surface area (Å²) in [5.41, 5.74) is 5.27. The van der Waals surface area contributed by atoms with E-state index in [1.165, 1.54) is 24.5 Å². The molecule has 3 aromatic heterocycles. The zero-order valence-corrected chi connectivity index (χ0v) is 22.6. The van der Waals surface area contributed by atoms with Gasteiger partial charge in [0.1, 0.15) is 22.5 Å². The first-order valence-corrected chi connectivity index (χ1v) is 14.9. The number of pyridine rings is 1. The van der Waals surface area contributed by atoms with E-state index >= 15 is 0 Å². The highest BCUT2D eigenvalue weighted by Crippen LogP contribution is 2.54. The van der Waals surface area contributed by atoms with Gasteiger partial charge in [-0.25, -0.2) is 28.5 Å². The number of sulfonamides is 1. The van der Waals surface area contributed by atoms with Crippen LogP contribution < -0.4 is 15.8 Å². The average Bonchev–Trinajstić information content (AvgIpc) is 3.77. The second kappa shape index (κ2) is 9.00. The highest BCUT2D eigenvalue weighted by molar-refractivity contribution is 7.89. The number of primary sulfonamides is 1. The minimum Gasteiger partial charge on any atom is -0.377 e. The van der Waals surface area contributed by atoms with Gasteiger partial charge in [0.25, 0.3) is 0 Å². The molecular formula is C28H31N7O3S. The Bertz CT molecular complexity index is 1680. The summed E-state index contributed by atoms with van der Waals surface area (Å²) in [6.45, 7) is 3.99. The van der Waals surface area contributed by atoms with Gasteiger partial charge < -0.3 is 19.8 Å². The number of imidazole rings is 1. The van der Waals surface area contributed by atoms with Gasteiger partial charge in [-0.3, -0.25) is 0 Å². The van der Waals surface area contributed by atoms with Crippen LogP contribution in [0, 0.1) is 12.8 Å². The van der Waals surface area contributed by atoms with Crippen LogP contribution in [0.5, 0.6) is 0 Å². The van der Waals surface area contributed by atoms with Crippen molar-refractivity contribution in [1.29, 1.82) is 0 Å². The molecule has 4 aromatic rings. The minimum absolute atomic E-state index is 0.0264. The fraction of sp³-hybridized carbons (Fsp3) is 0.393. The molecule has 3 aliphatic rings. The molecule has 4 heterocycles. The number of ether oxygens (including phenoxy) is 1. The van der Waals surface area contributed by atoms with Gasteiger partial charge in [0.05, 0.1) is 17.4 Å². The number of nitrogens with two attached hydrogens (primary N) is 1. The molecule has 1 saturated heterocycles. The number of nitrogens with one attached hydrogen (secondary N) is 2. The van der Waals surface area contributed by atoms with Crippen molar-refractivity contribution in [2.45, 2.75) is 68.2 Å². The van der Waals surface area contributed by atoms with Crippen LogP contribution in [0.2, 0.25) is 0 Å². The van der Waals surface area contributed by atoms with Crippen molar-refractivity contribution >= 4 is 27.0 Å². The van der Waals surface area contributed by atoms with Crippen LogP contribution in [0.15, 0.2) is 59.9 Å². The van der Waals surface area contributed by atoms with Gasteiger partial charge >= 0.3 is 0 Å². The van der Waals surface area contributed by atoms with Gasteiger partial charge in [0, 0.05) is 41.8 Å². The molecule has 7 rings (SSSR count). The molecule has 1 aliphatic heterocycles. The SMILES string of the molecule is Cc1ccnc([C@H]2C[C@@H]2C2OC2Nc2cc(NC(C)c3cn4cc(C5CC5)ccc4n3)ccc2S(N)(=O)=O)n1. The Morgan fingerprint density at radius 3 is 2.74 bits per heavy atom. The van der Waals surface area contributed by atoms with E-state index in [1.54, 1.807) is 18.3 Å². The smallest absolute Gasteiger partial charge is 0.240 e. The molecule has 2 aliphatic carbocycles. The van der Waals surface area contributed by atoms with Crippen molar-refractivity contribution in [3.8, 4) is 0 Å². The highest BCUT2D eigenvalue weighted by atomic mass is 32.2. The molecule has 202 valence electrons. The average molecular weight is 546 g/mol. The Hall–Kier alpha value is -3.54. The fourth-order valence-corrected chi connectivity index (χ4v) is 6.12. The van der Waals surface area contributed by atoms with E-state index in [-0.39, 0.29) is 29.2 Å². The molecule has 2 saturated carbocycles. The molecule has 10 nitrogen and oxygen atoms in total. The van der Waals surface area contributed by atoms with E-state index in [9.17, 15) is 8.42 Å². The quantitative estimate of drug-likeness (QED) is 0.268. The first-order chi connectivity index (χ1) is 18.7. The molecule has 39 heavy (non-hydrogen) atoms. The maximum absolute atomic E-state index is 12.3. The van der Waals surface area contributed by atoms with Crippen molar-refractivity contribution in [3.05, 3.63) is 77.8 Å². The number of hydrogen-bond donors (Lipinski definition) is 3. The number of rotatable bonds is 9. The molecular weight excluding hydrogens is 514 g/mol. The maximum atomic E-state index is 12.3. The number of epoxide rings is 1. The fourth-order valence-electron chi connectivity index (χ4n) is 5.44. The predicted octanol–water partition coefficient (Wildman–Crippen LogP) is 4.07. The first-order valence-electron chi connectivity index (χ1n) is 13.4. The van der Waals surface area contributed by atoms with E-state index in [0.29, 0.717) is 17.5 Å². The summed E-state index contributed by atoms with van der Waals surface area (Å²) < 4.78 is 32.7. The molecule has 0 radical (unpaired) electrons. The van der Waals surface area contributed by atoms with Crippen LogP contribution in [0.25, 0.3) is 5.65 Å². The lowest BCUT2D eigenvalue weighted by molar-refractivity contribution is 0.362. The van der Waals surface area contributed by atoms with Crippen LogP contribution >= 0.6 is 0 Å². The van der Waals surface area contributed by atoms with Gasteiger partial charge in [0.15, 0.2) is 6.23 Å². The first kappa shape index (κ1) is 24.5. The van der Waals surface area contributed by atoms with E-state index in [4.69, 9.17) is 14.9 Å². The van der Waals surface area contributed by atoms with Crippen LogP contribution in [0.3, 0.4) is 0 Å². The third-order valence-electron chi connectivity index (χ3n) is 7.88. The van der Waals surface area contributed by atoms with Crippen molar-refractivity contribution in [1.82, 2.24) is 19.4 Å². The molecule has 0 spiro atoms. The monoisotopic (exact) mass is 545 g/mol. The third-order valence-corrected chi connectivity index (χ3v) is 8.85. The molecule has 1 aromatic carbocycles. The topological polar surface area (TPSA) is 140 Å². The lowest BCUT2D eigenvalue weighted by Gasteiger charge is -2.16. The van der Waals surface area contributed by atoms with Crippen molar-refractivity contribution < 1.29 is 13.2 Å². The minimum atomic E-state index is -3.93. The largest absolute Gasteiger partial charge is 0.377 e. The number of hydrogen-bond acceptors (Lipinski definition) is 8. The summed E-state index contributed by atoms with van der Waals surface area (Å²) in [7, 11) is -3.93. The predicted molar refractivity (Wildman–Crippen MR) is 147 cm³/mol. The zero-order chi connectivity index (χ0) is 26.9. The Balaban J connectivity index is 1.06. The summed E-state index contributed by atoms with van der Waals surface area (Å²) in [6.07, 6.45) is 9.14. The summed E-state index contributed by atoms with van der Waals surface area (Å²) in [4.78, 5) is 13.8. The van der Waals surface area contributed by atoms with Gasteiger partial charge in [-0.05, 0) is 74.9 Å². The molecule has 3 unspecified atom stereocenters. The van der Waals surface area contributed by atoms with Crippen molar-refractivity contribution in [2.24, 2.45) is 11.1 Å². The van der Waals surface area contributed by atoms with Crippen LogP contribution in [0.4, 0.5) is 11.4 Å². The normalized spacial score (nSPS) is 24.9. The van der Waals surface area contributed by atoms with Gasteiger partial charge in [-0.1, -0.05) is 6.07 Å². The number of fused-ring (bicyclic) bond motifs is 1. The highest BCUT2D eigenvalue weighted by Gasteiger charge is 2.57. The van der Waals surface area contributed by atoms with E-state index in [1.807, 2.05) is 26.1 Å². The zero-order valence-electron chi connectivity index (χ0n) is 21.8. The summed E-state index contributed by atoms with van der Waals surface area (Å²) in [5, 5.41) is 12.3. The Kier molecular flexibility index (Phi) is 5.66. The van der Waals surface area contributed by atoms with E-state index in [0.717, 1.165) is 35.0 Å². The number of nitrogens with zero attached hydrogens (tertiary/aromatic N) is 4. The molecule has 11 heteroatoms. The van der Waals surface area contributed by atoms with Gasteiger partial charge in [0.2, 0.25) is 10.0 Å². The summed E-state index contributed by atoms with van der Waals surface area (Å²) in [6, 6.07) is 11.0. The van der Waals surface area contributed by atoms with Crippen LogP contribution in [0.1, 0.15) is 66.8 Å². The van der Waals surface area contributed by atoms with Crippen LogP contribution in [-0.4, -0.2) is 40.1 Å². The molecule has 0 bridgehead atoms. The standard InChI is InChI=1S/C28H31N7O3S/c1-15-9-10-30-27(31-15)21-12-20(21)26-28(38-26)34-22-11-19(6-7-24(22)39(29,36)37)32-16(2)23-14-35-13-18(17-3-4-17)5-8-25(35)33-23/h5-11,13-14,16-17,20-21,26,28,32,34H,3-4,12H2,1-2H3,(H2,29,36,37)/t16?,20-,21-,26?,28?/m0/s1. The number of aryl methyl sites for hydroxylation is 1. The number of benzene rings is 1. The number of aromatic nitrogens is 4. The second-order valence-electron chi connectivity index (χ2n) is 11.0. The van der Waals surface area contributed by atoms with Crippen LogP contribution in [-0.2, 0) is 14.8 Å². The van der Waals surface area contributed by atoms with Gasteiger partial charge in [-0.15, -0.1) is 0 Å². The summed E-state index contributed by atoms with van der Waals surface area (Å²) >= 11 is 0. The summed E-state index contributed by atoms with van der Waals surface area (Å²) in [5.74, 6) is 2.09. The van der Waals surface area contributed by atoms with E-state index < -0.39 is 10.0 Å².